The molecule has 0 bridgehead atoms. The summed E-state index contributed by atoms with van der Waals surface area (Å²) in [5.41, 5.74) is 1.06. The van der Waals surface area contributed by atoms with Crippen LogP contribution in [0.5, 0.6) is 0 Å². The lowest BCUT2D eigenvalue weighted by Gasteiger charge is -2.10. The van der Waals surface area contributed by atoms with E-state index in [9.17, 15) is 10.1 Å². The van der Waals surface area contributed by atoms with E-state index in [1.807, 2.05) is 6.07 Å². The van der Waals surface area contributed by atoms with Crippen molar-refractivity contribution in [2.45, 2.75) is 0 Å². The van der Waals surface area contributed by atoms with Gasteiger partial charge in [-0.3, -0.25) is 10.1 Å². The lowest BCUT2D eigenvalue weighted by molar-refractivity contribution is -0.384. The van der Waals surface area contributed by atoms with Gasteiger partial charge in [0, 0.05) is 39.3 Å². The van der Waals surface area contributed by atoms with Gasteiger partial charge < -0.3 is 5.32 Å². The smallest absolute Gasteiger partial charge is 0.271 e. The second-order valence-corrected chi connectivity index (χ2v) is 5.61. The fourth-order valence-corrected chi connectivity index (χ4v) is 2.66. The minimum absolute atomic E-state index is 0.00543. The minimum Gasteiger partial charge on any atom is -0.340 e. The van der Waals surface area contributed by atoms with Crippen LogP contribution in [0.3, 0.4) is 0 Å². The summed E-state index contributed by atoms with van der Waals surface area (Å²) in [5, 5.41) is 24.7. The predicted octanol–water partition coefficient (Wildman–Crippen LogP) is 4.52. The fraction of sp³-hybridized carbons (Fsp3) is 0. The van der Waals surface area contributed by atoms with Crippen LogP contribution in [0.2, 0.25) is 0 Å². The zero-order valence-corrected chi connectivity index (χ0v) is 13.2. The largest absolute Gasteiger partial charge is 0.340 e. The molecule has 2 aromatic carbocycles. The van der Waals surface area contributed by atoms with Gasteiger partial charge in [0.15, 0.2) is 0 Å². The van der Waals surface area contributed by atoms with Crippen molar-refractivity contribution < 1.29 is 4.92 Å². The summed E-state index contributed by atoms with van der Waals surface area (Å²) in [4.78, 5) is 14.7. The lowest BCUT2D eigenvalue weighted by atomic mass is 10.1. The highest BCUT2D eigenvalue weighted by Gasteiger charge is 2.10. The van der Waals surface area contributed by atoms with Crippen LogP contribution in [-0.4, -0.2) is 9.91 Å². The molecule has 3 rings (SSSR count). The van der Waals surface area contributed by atoms with E-state index in [0.717, 1.165) is 15.2 Å². The van der Waals surface area contributed by atoms with Crippen LogP contribution in [0.15, 0.2) is 53.1 Å². The standard InChI is InChI=1S/C16H9BrN4O2/c17-15-9-19-16(14-6-10(8-18)4-5-13(14)15)20-11-2-1-3-12(7-11)21(22)23/h1-7,9H,(H,19,20). The highest BCUT2D eigenvalue weighted by atomic mass is 79.9. The molecule has 1 N–H and O–H groups in total. The fourth-order valence-electron chi connectivity index (χ4n) is 2.21. The summed E-state index contributed by atoms with van der Waals surface area (Å²) in [7, 11) is 0. The van der Waals surface area contributed by atoms with Crippen LogP contribution in [0.4, 0.5) is 17.2 Å². The number of hydrogen-bond donors (Lipinski definition) is 1. The van der Waals surface area contributed by atoms with Gasteiger partial charge in [-0.1, -0.05) is 12.1 Å². The van der Waals surface area contributed by atoms with Gasteiger partial charge in [-0.25, -0.2) is 4.98 Å². The molecular formula is C16H9BrN4O2. The number of nitro groups is 1. The Bertz CT molecular complexity index is 966. The van der Waals surface area contributed by atoms with E-state index in [-0.39, 0.29) is 5.69 Å². The van der Waals surface area contributed by atoms with Crippen molar-refractivity contribution in [1.29, 1.82) is 5.26 Å². The average molecular weight is 369 g/mol. The molecule has 0 saturated carbocycles. The molecule has 0 aliphatic heterocycles. The molecule has 0 aliphatic rings. The summed E-state index contributed by atoms with van der Waals surface area (Å²) in [6.07, 6.45) is 1.65. The van der Waals surface area contributed by atoms with Gasteiger partial charge in [0.25, 0.3) is 5.69 Å². The Balaban J connectivity index is 2.10. The van der Waals surface area contributed by atoms with Crippen molar-refractivity contribution in [3.8, 4) is 6.07 Å². The van der Waals surface area contributed by atoms with Crippen LogP contribution in [0, 0.1) is 21.4 Å². The van der Waals surface area contributed by atoms with E-state index in [1.165, 1.54) is 12.1 Å². The summed E-state index contributed by atoms with van der Waals surface area (Å²) in [6, 6.07) is 13.6. The number of aromatic nitrogens is 1. The van der Waals surface area contributed by atoms with Crippen molar-refractivity contribution in [3.05, 3.63) is 68.8 Å². The molecule has 7 heteroatoms. The Labute approximate surface area is 139 Å². The molecule has 0 radical (unpaired) electrons. The zero-order valence-electron chi connectivity index (χ0n) is 11.7. The van der Waals surface area contributed by atoms with Crippen molar-refractivity contribution in [1.82, 2.24) is 4.98 Å². The Hall–Kier alpha value is -2.98. The van der Waals surface area contributed by atoms with Gasteiger partial charge in [-0.15, -0.1) is 0 Å². The van der Waals surface area contributed by atoms with E-state index in [2.05, 4.69) is 32.3 Å². The lowest BCUT2D eigenvalue weighted by Crippen LogP contribution is -1.96. The number of nitrogens with zero attached hydrogens (tertiary/aromatic N) is 3. The van der Waals surface area contributed by atoms with Crippen LogP contribution in [0.25, 0.3) is 10.8 Å². The number of non-ortho nitro benzene ring substituents is 1. The Morgan fingerprint density at radius 2 is 2.04 bits per heavy atom. The van der Waals surface area contributed by atoms with E-state index in [4.69, 9.17) is 5.26 Å². The number of halogens is 1. The zero-order chi connectivity index (χ0) is 16.4. The number of nitro benzene ring substituents is 1. The molecule has 0 aliphatic carbocycles. The van der Waals surface area contributed by atoms with Crippen LogP contribution in [0.1, 0.15) is 5.56 Å². The molecule has 1 aromatic heterocycles. The molecule has 0 spiro atoms. The Kier molecular flexibility index (Phi) is 3.91. The van der Waals surface area contributed by atoms with Crippen molar-refractivity contribution in [2.75, 3.05) is 5.32 Å². The number of rotatable bonds is 3. The van der Waals surface area contributed by atoms with Crippen molar-refractivity contribution in [3.63, 3.8) is 0 Å². The molecule has 6 nitrogen and oxygen atoms in total. The van der Waals surface area contributed by atoms with Crippen molar-refractivity contribution >= 4 is 43.9 Å². The molecule has 23 heavy (non-hydrogen) atoms. The number of pyridine rings is 1. The first-order valence-corrected chi connectivity index (χ1v) is 7.37. The Morgan fingerprint density at radius 1 is 1.22 bits per heavy atom. The molecule has 0 atom stereocenters. The summed E-state index contributed by atoms with van der Waals surface area (Å²) < 4.78 is 0.807. The van der Waals surface area contributed by atoms with E-state index < -0.39 is 4.92 Å². The number of nitriles is 1. The summed E-state index contributed by atoms with van der Waals surface area (Å²) in [5.74, 6) is 0.529. The molecule has 3 aromatic rings. The van der Waals surface area contributed by atoms with Crippen LogP contribution >= 0.6 is 15.9 Å². The number of nitrogens with one attached hydrogen (secondary N) is 1. The summed E-state index contributed by atoms with van der Waals surface area (Å²) >= 11 is 3.43. The topological polar surface area (TPSA) is 91.8 Å². The number of anilines is 2. The molecule has 1 heterocycles. The first kappa shape index (κ1) is 14.9. The third kappa shape index (κ3) is 2.98. The molecule has 0 saturated heterocycles. The maximum absolute atomic E-state index is 10.9. The normalized spacial score (nSPS) is 10.3. The van der Waals surface area contributed by atoms with E-state index >= 15 is 0 Å². The SMILES string of the molecule is N#Cc1ccc2c(Br)cnc(Nc3cccc([N+](=O)[O-])c3)c2c1. The van der Waals surface area contributed by atoms with Gasteiger partial charge in [-0.2, -0.15) is 5.26 Å². The minimum atomic E-state index is -0.452. The van der Waals surface area contributed by atoms with Gasteiger partial charge >= 0.3 is 0 Å². The van der Waals surface area contributed by atoms with E-state index in [0.29, 0.717) is 17.1 Å². The first-order chi connectivity index (χ1) is 11.1. The summed E-state index contributed by atoms with van der Waals surface area (Å²) in [6.45, 7) is 0. The van der Waals surface area contributed by atoms with E-state index in [1.54, 1.807) is 30.5 Å². The highest BCUT2D eigenvalue weighted by molar-refractivity contribution is 9.10. The van der Waals surface area contributed by atoms with Gasteiger partial charge in [-0.05, 0) is 34.1 Å². The average Bonchev–Trinajstić information content (AvgIpc) is 2.57. The maximum Gasteiger partial charge on any atom is 0.271 e. The predicted molar refractivity (Wildman–Crippen MR) is 90.5 cm³/mol. The second kappa shape index (κ2) is 6.02. The monoisotopic (exact) mass is 368 g/mol. The van der Waals surface area contributed by atoms with Crippen LogP contribution in [-0.2, 0) is 0 Å². The number of hydrogen-bond acceptors (Lipinski definition) is 5. The molecule has 0 unspecified atom stereocenters. The third-order valence-corrected chi connectivity index (χ3v) is 3.92. The quantitative estimate of drug-likeness (QED) is 0.541. The highest BCUT2D eigenvalue weighted by Crippen LogP contribution is 2.31. The van der Waals surface area contributed by atoms with Gasteiger partial charge in [0.2, 0.25) is 0 Å². The number of benzene rings is 2. The first-order valence-electron chi connectivity index (χ1n) is 6.58. The maximum atomic E-state index is 10.9. The third-order valence-electron chi connectivity index (χ3n) is 3.29. The second-order valence-electron chi connectivity index (χ2n) is 4.76. The van der Waals surface area contributed by atoms with Gasteiger partial charge in [0.05, 0.1) is 16.6 Å². The van der Waals surface area contributed by atoms with Crippen molar-refractivity contribution in [2.24, 2.45) is 0 Å². The van der Waals surface area contributed by atoms with Crippen LogP contribution < -0.4 is 5.32 Å². The molecular weight excluding hydrogens is 360 g/mol. The number of fused-ring (bicyclic) bond motifs is 1. The van der Waals surface area contributed by atoms with Gasteiger partial charge in [0.1, 0.15) is 5.82 Å². The molecule has 0 amide bonds. The Morgan fingerprint density at radius 3 is 2.78 bits per heavy atom. The molecule has 0 fully saturated rings. The molecule has 112 valence electrons.